The van der Waals surface area contributed by atoms with Crippen LogP contribution >= 0.6 is 15.9 Å². The van der Waals surface area contributed by atoms with E-state index < -0.39 is 0 Å². The van der Waals surface area contributed by atoms with Crippen LogP contribution in [0.1, 0.15) is 16.7 Å². The summed E-state index contributed by atoms with van der Waals surface area (Å²) in [7, 11) is 1.68. The Morgan fingerprint density at radius 3 is 2.42 bits per heavy atom. The van der Waals surface area contributed by atoms with E-state index in [4.69, 9.17) is 4.74 Å². The average molecular weight is 320 g/mol. The lowest BCUT2D eigenvalue weighted by Gasteiger charge is -2.14. The van der Waals surface area contributed by atoms with Gasteiger partial charge in [0.2, 0.25) is 0 Å². The molecule has 0 spiro atoms. The molecule has 0 atom stereocenters. The molecule has 0 aromatic heterocycles. The Balaban J connectivity index is 2.19. The summed E-state index contributed by atoms with van der Waals surface area (Å²) in [4.78, 5) is 0. The summed E-state index contributed by atoms with van der Waals surface area (Å²) in [6.07, 6.45) is 0. The number of benzene rings is 2. The summed E-state index contributed by atoms with van der Waals surface area (Å²) in [5.41, 5.74) is 5.01. The molecule has 2 nitrogen and oxygen atoms in total. The fourth-order valence-electron chi connectivity index (χ4n) is 2.08. The van der Waals surface area contributed by atoms with E-state index in [9.17, 15) is 0 Å². The molecule has 0 saturated heterocycles. The Hall–Kier alpha value is -1.48. The number of rotatable bonds is 4. The summed E-state index contributed by atoms with van der Waals surface area (Å²) in [6, 6.07) is 12.3. The first-order chi connectivity index (χ1) is 9.11. The third kappa shape index (κ3) is 3.29. The first-order valence-corrected chi connectivity index (χ1v) is 7.03. The van der Waals surface area contributed by atoms with Crippen LogP contribution in [0.5, 0.6) is 5.75 Å². The topological polar surface area (TPSA) is 21.3 Å². The van der Waals surface area contributed by atoms with Crippen LogP contribution < -0.4 is 10.1 Å². The molecule has 0 fully saturated rings. The van der Waals surface area contributed by atoms with Gasteiger partial charge in [-0.1, -0.05) is 18.2 Å². The highest BCUT2D eigenvalue weighted by molar-refractivity contribution is 9.10. The highest BCUT2D eigenvalue weighted by Gasteiger charge is 2.05. The van der Waals surface area contributed by atoms with Crippen molar-refractivity contribution in [1.82, 2.24) is 0 Å². The van der Waals surface area contributed by atoms with E-state index in [1.54, 1.807) is 7.11 Å². The first-order valence-electron chi connectivity index (χ1n) is 6.24. The number of hydrogen-bond acceptors (Lipinski definition) is 2. The van der Waals surface area contributed by atoms with Crippen molar-refractivity contribution in [3.63, 3.8) is 0 Å². The van der Waals surface area contributed by atoms with E-state index in [1.807, 2.05) is 18.2 Å². The zero-order valence-corrected chi connectivity index (χ0v) is 13.0. The minimum Gasteiger partial charge on any atom is -0.497 e. The number of anilines is 1. The molecule has 0 radical (unpaired) electrons. The molecule has 1 N–H and O–H groups in total. The van der Waals surface area contributed by atoms with Crippen LogP contribution in [-0.4, -0.2) is 7.11 Å². The molecule has 0 bridgehead atoms. The smallest absolute Gasteiger partial charge is 0.121 e. The molecule has 2 aromatic rings. The van der Waals surface area contributed by atoms with Gasteiger partial charge in [0, 0.05) is 17.1 Å². The number of ether oxygens (including phenoxy) is 1. The van der Waals surface area contributed by atoms with Crippen molar-refractivity contribution in [2.75, 3.05) is 12.4 Å². The number of methoxy groups -OCH3 is 1. The van der Waals surface area contributed by atoms with Gasteiger partial charge in [-0.15, -0.1) is 0 Å². The van der Waals surface area contributed by atoms with Crippen molar-refractivity contribution in [3.8, 4) is 5.75 Å². The van der Waals surface area contributed by atoms with Gasteiger partial charge in [-0.25, -0.2) is 0 Å². The van der Waals surface area contributed by atoms with Crippen LogP contribution in [0.25, 0.3) is 0 Å². The largest absolute Gasteiger partial charge is 0.497 e. The van der Waals surface area contributed by atoms with Crippen molar-refractivity contribution >= 4 is 21.6 Å². The zero-order valence-electron chi connectivity index (χ0n) is 11.5. The quantitative estimate of drug-likeness (QED) is 0.883. The van der Waals surface area contributed by atoms with E-state index in [1.165, 1.54) is 16.7 Å². The van der Waals surface area contributed by atoms with Gasteiger partial charge in [-0.3, -0.25) is 0 Å². The van der Waals surface area contributed by atoms with Gasteiger partial charge in [0.25, 0.3) is 0 Å². The Morgan fingerprint density at radius 1 is 1.11 bits per heavy atom. The average Bonchev–Trinajstić information content (AvgIpc) is 2.40. The molecular formula is C16H18BrNO. The van der Waals surface area contributed by atoms with E-state index in [0.29, 0.717) is 0 Å². The molecule has 0 aliphatic carbocycles. The van der Waals surface area contributed by atoms with E-state index >= 15 is 0 Å². The Labute approximate surface area is 122 Å². The van der Waals surface area contributed by atoms with Crippen molar-refractivity contribution in [1.29, 1.82) is 0 Å². The van der Waals surface area contributed by atoms with Crippen LogP contribution in [0.2, 0.25) is 0 Å². The highest BCUT2D eigenvalue weighted by Crippen LogP contribution is 2.28. The maximum absolute atomic E-state index is 5.25. The van der Waals surface area contributed by atoms with Crippen molar-refractivity contribution in [3.05, 3.63) is 57.6 Å². The van der Waals surface area contributed by atoms with Crippen LogP contribution in [-0.2, 0) is 6.54 Å². The van der Waals surface area contributed by atoms with Crippen LogP contribution in [0.3, 0.4) is 0 Å². The molecule has 2 rings (SSSR count). The molecule has 0 heterocycles. The standard InChI is InChI=1S/C16H18BrNO/c1-11-5-4-6-12(2)14(11)10-18-16-9-13(19-3)7-8-15(16)17/h4-9,18H,10H2,1-3H3. The fraction of sp³-hybridized carbons (Fsp3) is 0.250. The molecule has 19 heavy (non-hydrogen) atoms. The van der Waals surface area contributed by atoms with Crippen molar-refractivity contribution < 1.29 is 4.74 Å². The predicted octanol–water partition coefficient (Wildman–Crippen LogP) is 4.69. The second-order valence-electron chi connectivity index (χ2n) is 4.57. The van der Waals surface area contributed by atoms with Gasteiger partial charge in [-0.05, 0) is 58.6 Å². The van der Waals surface area contributed by atoms with Gasteiger partial charge < -0.3 is 10.1 Å². The van der Waals surface area contributed by atoms with Gasteiger partial charge in [0.15, 0.2) is 0 Å². The molecule has 0 unspecified atom stereocenters. The number of hydrogen-bond donors (Lipinski definition) is 1. The van der Waals surface area contributed by atoms with E-state index in [0.717, 1.165) is 22.5 Å². The lowest BCUT2D eigenvalue weighted by Crippen LogP contribution is -2.04. The second-order valence-corrected chi connectivity index (χ2v) is 5.42. The minimum absolute atomic E-state index is 0.810. The van der Waals surface area contributed by atoms with Crippen LogP contribution in [0, 0.1) is 13.8 Å². The zero-order chi connectivity index (χ0) is 13.8. The molecule has 2 aromatic carbocycles. The van der Waals surface area contributed by atoms with E-state index in [-0.39, 0.29) is 0 Å². The molecule has 0 saturated carbocycles. The normalized spacial score (nSPS) is 10.3. The summed E-state index contributed by atoms with van der Waals surface area (Å²) >= 11 is 3.55. The van der Waals surface area contributed by atoms with Crippen LogP contribution in [0.4, 0.5) is 5.69 Å². The molecular weight excluding hydrogens is 302 g/mol. The van der Waals surface area contributed by atoms with Gasteiger partial charge >= 0.3 is 0 Å². The van der Waals surface area contributed by atoms with Gasteiger partial charge in [0.1, 0.15) is 5.75 Å². The minimum atomic E-state index is 0.810. The maximum Gasteiger partial charge on any atom is 0.121 e. The monoisotopic (exact) mass is 319 g/mol. The van der Waals surface area contributed by atoms with Crippen molar-refractivity contribution in [2.45, 2.75) is 20.4 Å². The predicted molar refractivity (Wildman–Crippen MR) is 83.9 cm³/mol. The SMILES string of the molecule is COc1ccc(Br)c(NCc2c(C)cccc2C)c1. The van der Waals surface area contributed by atoms with E-state index in [2.05, 4.69) is 53.3 Å². The molecule has 100 valence electrons. The molecule has 0 aliphatic rings. The summed E-state index contributed by atoms with van der Waals surface area (Å²) in [6.45, 7) is 5.10. The highest BCUT2D eigenvalue weighted by atomic mass is 79.9. The molecule has 0 aliphatic heterocycles. The Bertz CT molecular complexity index is 561. The van der Waals surface area contributed by atoms with Crippen LogP contribution in [0.15, 0.2) is 40.9 Å². The van der Waals surface area contributed by atoms with Gasteiger partial charge in [0.05, 0.1) is 12.8 Å². The summed E-state index contributed by atoms with van der Waals surface area (Å²) in [5, 5.41) is 3.46. The Kier molecular flexibility index (Phi) is 4.48. The summed E-state index contributed by atoms with van der Waals surface area (Å²) in [5.74, 6) is 0.854. The number of halogens is 1. The first kappa shape index (κ1) is 13.9. The molecule has 0 amide bonds. The van der Waals surface area contributed by atoms with Crippen molar-refractivity contribution in [2.24, 2.45) is 0 Å². The third-order valence-electron chi connectivity index (χ3n) is 3.27. The maximum atomic E-state index is 5.25. The Morgan fingerprint density at radius 2 is 1.79 bits per heavy atom. The lowest BCUT2D eigenvalue weighted by molar-refractivity contribution is 0.415. The third-order valence-corrected chi connectivity index (χ3v) is 3.97. The lowest BCUT2D eigenvalue weighted by atomic mass is 10.0. The number of nitrogens with one attached hydrogen (secondary N) is 1. The number of aryl methyl sites for hydroxylation is 2. The fourth-order valence-corrected chi connectivity index (χ4v) is 2.47. The van der Waals surface area contributed by atoms with Gasteiger partial charge in [-0.2, -0.15) is 0 Å². The summed E-state index contributed by atoms with van der Waals surface area (Å²) < 4.78 is 6.29. The second kappa shape index (κ2) is 6.11. The molecule has 3 heteroatoms.